The van der Waals surface area contributed by atoms with Gasteiger partial charge in [0.1, 0.15) is 0 Å². The second-order valence-electron chi connectivity index (χ2n) is 6.68. The maximum Gasteiger partial charge on any atom is 0.0995 e. The molecule has 1 fully saturated rings. The van der Waals surface area contributed by atoms with Crippen molar-refractivity contribution in [1.29, 1.82) is 5.26 Å². The van der Waals surface area contributed by atoms with Gasteiger partial charge in [-0.15, -0.1) is 0 Å². The quantitative estimate of drug-likeness (QED) is 0.751. The normalized spacial score (nSPS) is 15.8. The van der Waals surface area contributed by atoms with Crippen LogP contribution in [-0.4, -0.2) is 15.9 Å². The van der Waals surface area contributed by atoms with Crippen molar-refractivity contribution in [1.82, 2.24) is 9.88 Å². The molecule has 3 heteroatoms. The predicted octanol–water partition coefficient (Wildman–Crippen LogP) is 4.68. The van der Waals surface area contributed by atoms with E-state index in [1.807, 2.05) is 36.7 Å². The Morgan fingerprint density at radius 3 is 2.50 bits per heavy atom. The van der Waals surface area contributed by atoms with E-state index in [9.17, 15) is 5.26 Å². The van der Waals surface area contributed by atoms with Crippen molar-refractivity contribution in [3.63, 3.8) is 0 Å². The van der Waals surface area contributed by atoms with Crippen LogP contribution in [0.4, 0.5) is 0 Å². The molecular weight excluding hydrogens is 294 g/mol. The standard InChI is InChI=1S/C21H25N3/c22-14-19-9-5-6-10-20(19)17-24(16-18-8-7-13-23-15-18)21-11-3-1-2-4-12-21/h5-10,13,15,21H,1-4,11-12,16-17H2. The van der Waals surface area contributed by atoms with E-state index in [1.165, 1.54) is 44.1 Å². The zero-order valence-corrected chi connectivity index (χ0v) is 14.2. The third-order valence-electron chi connectivity index (χ3n) is 4.96. The molecule has 0 N–H and O–H groups in total. The van der Waals surface area contributed by atoms with Crippen LogP contribution < -0.4 is 0 Å². The summed E-state index contributed by atoms with van der Waals surface area (Å²) in [4.78, 5) is 6.82. The summed E-state index contributed by atoms with van der Waals surface area (Å²) in [6, 6.07) is 15.1. The molecule has 0 aliphatic heterocycles. The lowest BCUT2D eigenvalue weighted by Crippen LogP contribution is -2.34. The Balaban J connectivity index is 1.82. The molecular formula is C21H25N3. The predicted molar refractivity (Wildman–Crippen MR) is 96.1 cm³/mol. The summed E-state index contributed by atoms with van der Waals surface area (Å²) in [7, 11) is 0. The number of hydrogen-bond donors (Lipinski definition) is 0. The highest BCUT2D eigenvalue weighted by molar-refractivity contribution is 5.37. The van der Waals surface area contributed by atoms with E-state index >= 15 is 0 Å². The van der Waals surface area contributed by atoms with Crippen LogP contribution in [0, 0.1) is 11.3 Å². The molecule has 1 aromatic heterocycles. The van der Waals surface area contributed by atoms with Crippen molar-refractivity contribution < 1.29 is 0 Å². The Bertz CT molecular complexity index is 667. The number of nitriles is 1. The van der Waals surface area contributed by atoms with Gasteiger partial charge in [0.2, 0.25) is 0 Å². The van der Waals surface area contributed by atoms with E-state index in [-0.39, 0.29) is 0 Å². The van der Waals surface area contributed by atoms with Crippen molar-refractivity contribution in [2.24, 2.45) is 0 Å². The first-order valence-corrected chi connectivity index (χ1v) is 8.98. The van der Waals surface area contributed by atoms with Crippen molar-refractivity contribution >= 4 is 0 Å². The van der Waals surface area contributed by atoms with Crippen molar-refractivity contribution in [2.75, 3.05) is 0 Å². The molecule has 124 valence electrons. The van der Waals surface area contributed by atoms with Gasteiger partial charge in [-0.05, 0) is 36.1 Å². The molecule has 0 atom stereocenters. The van der Waals surface area contributed by atoms with Crippen LogP contribution in [0.15, 0.2) is 48.8 Å². The van der Waals surface area contributed by atoms with E-state index in [4.69, 9.17) is 0 Å². The van der Waals surface area contributed by atoms with Crippen LogP contribution in [0.25, 0.3) is 0 Å². The van der Waals surface area contributed by atoms with Crippen molar-refractivity contribution in [2.45, 2.75) is 57.7 Å². The summed E-state index contributed by atoms with van der Waals surface area (Å²) >= 11 is 0. The first-order chi connectivity index (χ1) is 11.9. The van der Waals surface area contributed by atoms with Gasteiger partial charge in [-0.2, -0.15) is 5.26 Å². The molecule has 1 aliphatic carbocycles. The molecule has 3 rings (SSSR count). The number of benzene rings is 1. The lowest BCUT2D eigenvalue weighted by atomic mass is 10.0. The first kappa shape index (κ1) is 16.7. The fourth-order valence-corrected chi connectivity index (χ4v) is 3.65. The maximum absolute atomic E-state index is 9.40. The van der Waals surface area contributed by atoms with E-state index in [1.54, 1.807) is 0 Å². The first-order valence-electron chi connectivity index (χ1n) is 8.98. The van der Waals surface area contributed by atoms with Gasteiger partial charge in [0.05, 0.1) is 11.6 Å². The molecule has 0 bridgehead atoms. The van der Waals surface area contributed by atoms with Gasteiger partial charge < -0.3 is 0 Å². The van der Waals surface area contributed by atoms with Gasteiger partial charge in [0, 0.05) is 31.5 Å². The van der Waals surface area contributed by atoms with Gasteiger partial charge in [0.25, 0.3) is 0 Å². The molecule has 2 aromatic rings. The molecule has 3 nitrogen and oxygen atoms in total. The Morgan fingerprint density at radius 1 is 1.00 bits per heavy atom. The summed E-state index contributed by atoms with van der Waals surface area (Å²) in [5.41, 5.74) is 3.17. The molecule has 1 saturated carbocycles. The zero-order valence-electron chi connectivity index (χ0n) is 14.2. The SMILES string of the molecule is N#Cc1ccccc1CN(Cc1cccnc1)C1CCCCCC1. The van der Waals surface area contributed by atoms with Crippen LogP contribution in [0.5, 0.6) is 0 Å². The van der Waals surface area contributed by atoms with Crippen molar-refractivity contribution in [3.05, 3.63) is 65.5 Å². The van der Waals surface area contributed by atoms with Gasteiger partial charge in [-0.1, -0.05) is 49.9 Å². The third kappa shape index (κ3) is 4.43. The number of hydrogen-bond acceptors (Lipinski definition) is 3. The average molecular weight is 319 g/mol. The monoisotopic (exact) mass is 319 g/mol. The molecule has 24 heavy (non-hydrogen) atoms. The zero-order chi connectivity index (χ0) is 16.6. The second-order valence-corrected chi connectivity index (χ2v) is 6.68. The number of nitrogens with zero attached hydrogens (tertiary/aromatic N) is 3. The van der Waals surface area contributed by atoms with E-state index < -0.39 is 0 Å². The highest BCUT2D eigenvalue weighted by Gasteiger charge is 2.21. The Hall–Kier alpha value is -2.18. The number of rotatable bonds is 5. The molecule has 0 unspecified atom stereocenters. The van der Waals surface area contributed by atoms with E-state index in [0.717, 1.165) is 24.2 Å². The number of aromatic nitrogens is 1. The van der Waals surface area contributed by atoms with Gasteiger partial charge in [-0.25, -0.2) is 0 Å². The van der Waals surface area contributed by atoms with Gasteiger partial charge in [0.15, 0.2) is 0 Å². The molecule has 0 radical (unpaired) electrons. The summed E-state index contributed by atoms with van der Waals surface area (Å²) in [5.74, 6) is 0. The Morgan fingerprint density at radius 2 is 1.79 bits per heavy atom. The summed E-state index contributed by atoms with van der Waals surface area (Å²) in [6.07, 6.45) is 11.6. The van der Waals surface area contributed by atoms with Gasteiger partial charge in [-0.3, -0.25) is 9.88 Å². The topological polar surface area (TPSA) is 39.9 Å². The molecule has 1 aliphatic rings. The van der Waals surface area contributed by atoms with Crippen LogP contribution in [-0.2, 0) is 13.1 Å². The minimum atomic E-state index is 0.597. The summed E-state index contributed by atoms with van der Waals surface area (Å²) in [6.45, 7) is 1.74. The lowest BCUT2D eigenvalue weighted by molar-refractivity contribution is 0.161. The molecule has 0 amide bonds. The highest BCUT2D eigenvalue weighted by Crippen LogP contribution is 2.25. The van der Waals surface area contributed by atoms with Crippen molar-refractivity contribution in [3.8, 4) is 6.07 Å². The minimum absolute atomic E-state index is 0.597. The third-order valence-corrected chi connectivity index (χ3v) is 4.96. The molecule has 1 aromatic carbocycles. The smallest absolute Gasteiger partial charge is 0.0995 e. The second kappa shape index (κ2) is 8.61. The van der Waals surface area contributed by atoms with Crippen LogP contribution >= 0.6 is 0 Å². The van der Waals surface area contributed by atoms with Crippen LogP contribution in [0.1, 0.15) is 55.2 Å². The minimum Gasteiger partial charge on any atom is -0.292 e. The summed E-state index contributed by atoms with van der Waals surface area (Å²) in [5, 5.41) is 9.40. The van der Waals surface area contributed by atoms with E-state index in [0.29, 0.717) is 6.04 Å². The average Bonchev–Trinajstić information content (AvgIpc) is 2.92. The van der Waals surface area contributed by atoms with E-state index in [2.05, 4.69) is 28.1 Å². The molecule has 0 spiro atoms. The Labute approximate surface area is 145 Å². The van der Waals surface area contributed by atoms with Crippen LogP contribution in [0.3, 0.4) is 0 Å². The molecule has 0 saturated heterocycles. The van der Waals surface area contributed by atoms with Gasteiger partial charge >= 0.3 is 0 Å². The highest BCUT2D eigenvalue weighted by atomic mass is 15.2. The largest absolute Gasteiger partial charge is 0.292 e. The van der Waals surface area contributed by atoms with Crippen LogP contribution in [0.2, 0.25) is 0 Å². The maximum atomic E-state index is 9.40. The Kier molecular flexibility index (Phi) is 5.98. The number of pyridine rings is 1. The fourth-order valence-electron chi connectivity index (χ4n) is 3.65. The fraction of sp³-hybridized carbons (Fsp3) is 0.429. The molecule has 1 heterocycles. The summed E-state index contributed by atoms with van der Waals surface area (Å²) < 4.78 is 0. The lowest BCUT2D eigenvalue weighted by Gasteiger charge is -2.31.